The second kappa shape index (κ2) is 6.89. The second-order valence-corrected chi connectivity index (χ2v) is 5.51. The van der Waals surface area contributed by atoms with Gasteiger partial charge >= 0.3 is 0 Å². The maximum atomic E-state index is 11.8. The number of amides is 1. The lowest BCUT2D eigenvalue weighted by Crippen LogP contribution is -2.31. The van der Waals surface area contributed by atoms with Crippen molar-refractivity contribution < 1.29 is 9.90 Å². The van der Waals surface area contributed by atoms with E-state index in [9.17, 15) is 9.90 Å². The van der Waals surface area contributed by atoms with Gasteiger partial charge in [0.2, 0.25) is 5.91 Å². The molecule has 0 unspecified atom stereocenters. The number of phenolic OH excluding ortho intramolecular Hbond substituents is 1. The highest BCUT2D eigenvalue weighted by atomic mass is 35.5. The number of carbonyl (C=O) groups excluding carboxylic acids is 1. The van der Waals surface area contributed by atoms with Crippen molar-refractivity contribution in [3.8, 4) is 5.75 Å². The van der Waals surface area contributed by atoms with E-state index in [4.69, 9.17) is 34.8 Å². The van der Waals surface area contributed by atoms with Crippen molar-refractivity contribution in [3.63, 3.8) is 0 Å². The van der Waals surface area contributed by atoms with E-state index in [1.165, 1.54) is 24.3 Å². The molecule has 0 aliphatic rings. The zero-order valence-electron chi connectivity index (χ0n) is 10.7. The normalized spacial score (nSPS) is 10.2. The van der Waals surface area contributed by atoms with E-state index in [0.29, 0.717) is 20.8 Å². The lowest BCUT2D eigenvalue weighted by atomic mass is 10.1. The highest BCUT2D eigenvalue weighted by Gasteiger charge is 2.09. The molecule has 0 radical (unpaired) electrons. The summed E-state index contributed by atoms with van der Waals surface area (Å²) >= 11 is 17.8. The van der Waals surface area contributed by atoms with Gasteiger partial charge in [-0.15, -0.1) is 0 Å². The summed E-state index contributed by atoms with van der Waals surface area (Å²) in [6.45, 7) is 0. The molecule has 110 valence electrons. The van der Waals surface area contributed by atoms with E-state index in [1.807, 2.05) is 0 Å². The number of aromatic hydroxyl groups is 1. The Hall–Kier alpha value is -1.62. The monoisotopic (exact) mass is 344 g/mol. The summed E-state index contributed by atoms with van der Waals surface area (Å²) in [6, 6.07) is 9.40. The van der Waals surface area contributed by atoms with Gasteiger partial charge < -0.3 is 5.11 Å². The smallest absolute Gasteiger partial charge is 0.242 e. The van der Waals surface area contributed by atoms with Crippen LogP contribution in [0.1, 0.15) is 5.56 Å². The minimum Gasteiger partial charge on any atom is -0.508 e. The third-order valence-corrected chi connectivity index (χ3v) is 3.45. The third kappa shape index (κ3) is 4.43. The molecule has 0 aliphatic heterocycles. The molecule has 0 heterocycles. The first-order valence-electron chi connectivity index (χ1n) is 5.93. The van der Waals surface area contributed by atoms with Crippen molar-refractivity contribution in [3.05, 3.63) is 57.0 Å². The van der Waals surface area contributed by atoms with E-state index in [1.54, 1.807) is 12.1 Å². The molecule has 0 spiro atoms. The molecule has 0 saturated carbocycles. The Labute approximate surface area is 136 Å². The molecule has 0 bridgehead atoms. The van der Waals surface area contributed by atoms with Crippen molar-refractivity contribution in [1.82, 2.24) is 5.43 Å². The number of anilines is 1. The number of phenols is 1. The summed E-state index contributed by atoms with van der Waals surface area (Å²) in [7, 11) is 0. The topological polar surface area (TPSA) is 61.4 Å². The van der Waals surface area contributed by atoms with Gasteiger partial charge in [-0.05, 0) is 29.8 Å². The van der Waals surface area contributed by atoms with Crippen LogP contribution in [0.15, 0.2) is 36.4 Å². The number of hydrogen-bond acceptors (Lipinski definition) is 3. The van der Waals surface area contributed by atoms with Gasteiger partial charge in [0.25, 0.3) is 0 Å². The van der Waals surface area contributed by atoms with Gasteiger partial charge in [0, 0.05) is 5.02 Å². The Kier molecular flexibility index (Phi) is 5.17. The van der Waals surface area contributed by atoms with E-state index < -0.39 is 0 Å². The molecule has 0 fully saturated rings. The summed E-state index contributed by atoms with van der Waals surface area (Å²) in [5.74, 6) is -0.125. The van der Waals surface area contributed by atoms with E-state index in [2.05, 4.69) is 10.9 Å². The van der Waals surface area contributed by atoms with Crippen LogP contribution in [-0.4, -0.2) is 11.0 Å². The fraction of sp³-hybridized carbons (Fsp3) is 0.0714. The minimum absolute atomic E-state index is 0.149. The standard InChI is InChI=1S/C14H11Cl3N2O2/c15-9-6-11(16)14(12(17)7-9)19-18-13(21)5-8-1-3-10(20)4-2-8/h1-4,6-7,19-20H,5H2,(H,18,21). The van der Waals surface area contributed by atoms with Crippen LogP contribution in [0.5, 0.6) is 5.75 Å². The number of carbonyl (C=O) groups is 1. The van der Waals surface area contributed by atoms with Gasteiger partial charge in [-0.3, -0.25) is 15.6 Å². The molecule has 2 aromatic carbocycles. The highest BCUT2D eigenvalue weighted by molar-refractivity contribution is 6.41. The largest absolute Gasteiger partial charge is 0.508 e. The number of nitrogens with one attached hydrogen (secondary N) is 2. The molecule has 0 aliphatic carbocycles. The van der Waals surface area contributed by atoms with Gasteiger partial charge in [-0.1, -0.05) is 46.9 Å². The molecular formula is C14H11Cl3N2O2. The van der Waals surface area contributed by atoms with Crippen LogP contribution < -0.4 is 10.9 Å². The number of benzene rings is 2. The molecular weight excluding hydrogens is 335 g/mol. The van der Waals surface area contributed by atoms with Gasteiger partial charge in [-0.25, -0.2) is 0 Å². The maximum absolute atomic E-state index is 11.8. The van der Waals surface area contributed by atoms with Gasteiger partial charge in [-0.2, -0.15) is 0 Å². The predicted molar refractivity (Wildman–Crippen MR) is 85.0 cm³/mol. The van der Waals surface area contributed by atoms with Crippen LogP contribution in [0, 0.1) is 0 Å². The molecule has 0 saturated heterocycles. The van der Waals surface area contributed by atoms with Crippen LogP contribution in [0.25, 0.3) is 0 Å². The predicted octanol–water partition coefficient (Wildman–Crippen LogP) is 4.04. The molecule has 3 N–H and O–H groups in total. The highest BCUT2D eigenvalue weighted by Crippen LogP contribution is 2.33. The van der Waals surface area contributed by atoms with E-state index in [-0.39, 0.29) is 18.1 Å². The number of hydrazine groups is 1. The molecule has 7 heteroatoms. The van der Waals surface area contributed by atoms with Gasteiger partial charge in [0.15, 0.2) is 0 Å². The van der Waals surface area contributed by atoms with Gasteiger partial charge in [0.05, 0.1) is 22.2 Å². The summed E-state index contributed by atoms with van der Waals surface area (Å²) in [6.07, 6.45) is 0.149. The van der Waals surface area contributed by atoms with Crippen molar-refractivity contribution in [2.45, 2.75) is 6.42 Å². The second-order valence-electron chi connectivity index (χ2n) is 4.26. The van der Waals surface area contributed by atoms with E-state index >= 15 is 0 Å². The molecule has 4 nitrogen and oxygen atoms in total. The molecule has 0 aromatic heterocycles. The fourth-order valence-corrected chi connectivity index (χ4v) is 2.55. The van der Waals surface area contributed by atoms with Gasteiger partial charge in [0.1, 0.15) is 5.75 Å². The third-order valence-electron chi connectivity index (χ3n) is 2.63. The Morgan fingerprint density at radius 3 is 2.19 bits per heavy atom. The number of hydrogen-bond donors (Lipinski definition) is 3. The SMILES string of the molecule is O=C(Cc1ccc(O)cc1)NNc1c(Cl)cc(Cl)cc1Cl. The minimum atomic E-state index is -0.275. The molecule has 2 rings (SSSR count). The average Bonchev–Trinajstić information content (AvgIpc) is 2.40. The van der Waals surface area contributed by atoms with Crippen LogP contribution in [0.2, 0.25) is 15.1 Å². The maximum Gasteiger partial charge on any atom is 0.242 e. The van der Waals surface area contributed by atoms with Crippen LogP contribution in [-0.2, 0) is 11.2 Å². The number of halogens is 3. The zero-order chi connectivity index (χ0) is 15.4. The Balaban J connectivity index is 1.97. The summed E-state index contributed by atoms with van der Waals surface area (Å²) in [4.78, 5) is 11.8. The van der Waals surface area contributed by atoms with Crippen LogP contribution in [0.4, 0.5) is 5.69 Å². The Bertz CT molecular complexity index is 637. The quantitative estimate of drug-likeness (QED) is 0.733. The van der Waals surface area contributed by atoms with Crippen molar-refractivity contribution in [2.24, 2.45) is 0 Å². The zero-order valence-corrected chi connectivity index (χ0v) is 12.9. The summed E-state index contributed by atoms with van der Waals surface area (Å²) in [5, 5.41) is 10.2. The summed E-state index contributed by atoms with van der Waals surface area (Å²) in [5.41, 5.74) is 6.31. The molecule has 2 aromatic rings. The Morgan fingerprint density at radius 2 is 1.62 bits per heavy atom. The lowest BCUT2D eigenvalue weighted by Gasteiger charge is -2.12. The molecule has 1 amide bonds. The molecule has 21 heavy (non-hydrogen) atoms. The summed E-state index contributed by atoms with van der Waals surface area (Å²) < 4.78 is 0. The number of rotatable bonds is 4. The average molecular weight is 346 g/mol. The van der Waals surface area contributed by atoms with Crippen molar-refractivity contribution in [2.75, 3.05) is 5.43 Å². The Morgan fingerprint density at radius 1 is 1.05 bits per heavy atom. The van der Waals surface area contributed by atoms with Crippen LogP contribution in [0.3, 0.4) is 0 Å². The van der Waals surface area contributed by atoms with E-state index in [0.717, 1.165) is 5.56 Å². The first-order chi connectivity index (χ1) is 9.95. The molecule has 0 atom stereocenters. The fourth-order valence-electron chi connectivity index (χ4n) is 1.64. The van der Waals surface area contributed by atoms with Crippen molar-refractivity contribution in [1.29, 1.82) is 0 Å². The first-order valence-corrected chi connectivity index (χ1v) is 7.06. The lowest BCUT2D eigenvalue weighted by molar-refractivity contribution is -0.119. The first kappa shape index (κ1) is 15.8. The van der Waals surface area contributed by atoms with Crippen molar-refractivity contribution >= 4 is 46.4 Å². The van der Waals surface area contributed by atoms with Crippen LogP contribution >= 0.6 is 34.8 Å².